The molecule has 0 aromatic rings. The number of likely N-dealkylation sites (tertiary alicyclic amines) is 1. The molecule has 1 unspecified atom stereocenters. The molecular weight excluding hydrogens is 290 g/mol. The molecule has 1 saturated carbocycles. The zero-order chi connectivity index (χ0) is 15.2. The molecule has 120 valence electrons. The Hall–Kier alpha value is -0.970. The highest BCUT2D eigenvalue weighted by Gasteiger charge is 2.26. The Labute approximate surface area is 131 Å². The van der Waals surface area contributed by atoms with Gasteiger partial charge < -0.3 is 15.5 Å². The highest BCUT2D eigenvalue weighted by atomic mass is 35.5. The first-order chi connectivity index (χ1) is 10.1. The molecule has 0 aromatic carbocycles. The highest BCUT2D eigenvalue weighted by Crippen LogP contribution is 2.18. The van der Waals surface area contributed by atoms with Gasteiger partial charge in [-0.15, -0.1) is 11.6 Å². The van der Waals surface area contributed by atoms with Gasteiger partial charge in [0.25, 0.3) is 0 Å². The molecule has 2 N–H and O–H groups in total. The Balaban J connectivity index is 1.70. The van der Waals surface area contributed by atoms with Crippen molar-refractivity contribution in [1.29, 1.82) is 0 Å². The van der Waals surface area contributed by atoms with Crippen LogP contribution in [0.1, 0.15) is 51.9 Å². The van der Waals surface area contributed by atoms with Crippen molar-refractivity contribution in [2.75, 3.05) is 13.1 Å². The zero-order valence-electron chi connectivity index (χ0n) is 12.7. The van der Waals surface area contributed by atoms with Crippen molar-refractivity contribution in [2.45, 2.75) is 69.3 Å². The van der Waals surface area contributed by atoms with Gasteiger partial charge in [0.15, 0.2) is 0 Å². The van der Waals surface area contributed by atoms with Crippen molar-refractivity contribution >= 4 is 23.5 Å². The van der Waals surface area contributed by atoms with Crippen molar-refractivity contribution in [1.82, 2.24) is 15.5 Å². The standard InChI is InChI=1S/C15H26ClN3O2/c1-11(16)14(20)17-13-7-9-19(10-8-13)15(21)18-12-5-3-2-4-6-12/h11-13H,2-10H2,1H3,(H,17,20)(H,18,21). The van der Waals surface area contributed by atoms with E-state index in [4.69, 9.17) is 11.6 Å². The third kappa shape index (κ3) is 5.06. The van der Waals surface area contributed by atoms with Gasteiger partial charge in [0.2, 0.25) is 5.91 Å². The van der Waals surface area contributed by atoms with E-state index in [9.17, 15) is 9.59 Å². The molecule has 1 aliphatic heterocycles. The van der Waals surface area contributed by atoms with Gasteiger partial charge >= 0.3 is 6.03 Å². The van der Waals surface area contributed by atoms with Gasteiger partial charge in [0.05, 0.1) is 0 Å². The monoisotopic (exact) mass is 315 g/mol. The van der Waals surface area contributed by atoms with E-state index in [1.807, 2.05) is 4.90 Å². The molecule has 1 aliphatic carbocycles. The molecule has 0 radical (unpaired) electrons. The molecule has 2 rings (SSSR count). The lowest BCUT2D eigenvalue weighted by Crippen LogP contribution is -2.52. The molecule has 0 aromatic heterocycles. The van der Waals surface area contributed by atoms with E-state index in [0.29, 0.717) is 19.1 Å². The third-order valence-corrected chi connectivity index (χ3v) is 4.62. The number of halogens is 1. The van der Waals surface area contributed by atoms with Crippen LogP contribution < -0.4 is 10.6 Å². The summed E-state index contributed by atoms with van der Waals surface area (Å²) < 4.78 is 0. The third-order valence-electron chi connectivity index (χ3n) is 4.42. The maximum atomic E-state index is 12.2. The molecule has 1 atom stereocenters. The molecule has 3 amide bonds. The molecule has 2 fully saturated rings. The summed E-state index contributed by atoms with van der Waals surface area (Å²) in [7, 11) is 0. The number of amides is 3. The fourth-order valence-electron chi connectivity index (χ4n) is 3.06. The first-order valence-electron chi connectivity index (χ1n) is 8.06. The van der Waals surface area contributed by atoms with Gasteiger partial charge in [-0.1, -0.05) is 19.3 Å². The molecule has 21 heavy (non-hydrogen) atoms. The van der Waals surface area contributed by atoms with E-state index in [1.165, 1.54) is 19.3 Å². The van der Waals surface area contributed by atoms with Crippen LogP contribution in [0.15, 0.2) is 0 Å². The minimum Gasteiger partial charge on any atom is -0.352 e. The number of alkyl halides is 1. The fraction of sp³-hybridized carbons (Fsp3) is 0.867. The van der Waals surface area contributed by atoms with E-state index in [0.717, 1.165) is 25.7 Å². The van der Waals surface area contributed by atoms with Crippen LogP contribution in [0.25, 0.3) is 0 Å². The maximum Gasteiger partial charge on any atom is 0.317 e. The number of piperidine rings is 1. The molecular formula is C15H26ClN3O2. The second kappa shape index (κ2) is 7.87. The molecule has 0 spiro atoms. The van der Waals surface area contributed by atoms with Crippen LogP contribution in [0.4, 0.5) is 4.79 Å². The zero-order valence-corrected chi connectivity index (χ0v) is 13.5. The smallest absolute Gasteiger partial charge is 0.317 e. The minimum absolute atomic E-state index is 0.0531. The summed E-state index contributed by atoms with van der Waals surface area (Å²) in [5.74, 6) is -0.123. The van der Waals surface area contributed by atoms with E-state index >= 15 is 0 Å². The van der Waals surface area contributed by atoms with Crippen LogP contribution in [0, 0.1) is 0 Å². The van der Waals surface area contributed by atoms with Crippen LogP contribution in [-0.4, -0.2) is 47.4 Å². The fourth-order valence-corrected chi connectivity index (χ4v) is 3.12. The van der Waals surface area contributed by atoms with Gasteiger partial charge in [0.1, 0.15) is 5.38 Å². The number of carbonyl (C=O) groups is 2. The topological polar surface area (TPSA) is 61.4 Å². The highest BCUT2D eigenvalue weighted by molar-refractivity contribution is 6.30. The van der Waals surface area contributed by atoms with Gasteiger partial charge in [0, 0.05) is 25.2 Å². The number of rotatable bonds is 3. The molecule has 6 heteroatoms. The van der Waals surface area contributed by atoms with Gasteiger partial charge in [-0.3, -0.25) is 4.79 Å². The van der Waals surface area contributed by atoms with E-state index in [-0.39, 0.29) is 18.0 Å². The lowest BCUT2D eigenvalue weighted by Gasteiger charge is -2.34. The quantitative estimate of drug-likeness (QED) is 0.785. The number of carbonyl (C=O) groups excluding carboxylic acids is 2. The van der Waals surface area contributed by atoms with Crippen molar-refractivity contribution in [2.24, 2.45) is 0 Å². The predicted molar refractivity (Wildman–Crippen MR) is 83.5 cm³/mol. The first-order valence-corrected chi connectivity index (χ1v) is 8.50. The Morgan fingerprint density at radius 2 is 1.57 bits per heavy atom. The van der Waals surface area contributed by atoms with E-state index in [1.54, 1.807) is 6.92 Å². The Morgan fingerprint density at radius 1 is 1.00 bits per heavy atom. The lowest BCUT2D eigenvalue weighted by molar-refractivity contribution is -0.121. The Bertz CT molecular complexity index is 362. The summed E-state index contributed by atoms with van der Waals surface area (Å²) in [6.07, 6.45) is 7.53. The number of urea groups is 1. The van der Waals surface area contributed by atoms with Crippen molar-refractivity contribution in [3.8, 4) is 0 Å². The largest absolute Gasteiger partial charge is 0.352 e. The van der Waals surface area contributed by atoms with Crippen LogP contribution in [0.5, 0.6) is 0 Å². The molecule has 1 saturated heterocycles. The number of nitrogens with one attached hydrogen (secondary N) is 2. The SMILES string of the molecule is CC(Cl)C(=O)NC1CCN(C(=O)NC2CCCCC2)CC1. The van der Waals surface area contributed by atoms with Crippen LogP contribution in [0.3, 0.4) is 0 Å². The summed E-state index contributed by atoms with van der Waals surface area (Å²) in [4.78, 5) is 25.6. The first kappa shape index (κ1) is 16.4. The van der Waals surface area contributed by atoms with E-state index in [2.05, 4.69) is 10.6 Å². The van der Waals surface area contributed by atoms with Crippen molar-refractivity contribution in [3.63, 3.8) is 0 Å². The van der Waals surface area contributed by atoms with Crippen LogP contribution in [-0.2, 0) is 4.79 Å². The minimum atomic E-state index is -0.502. The molecule has 2 aliphatic rings. The second-order valence-corrected chi connectivity index (χ2v) is 6.82. The van der Waals surface area contributed by atoms with Crippen LogP contribution >= 0.6 is 11.6 Å². The molecule has 5 nitrogen and oxygen atoms in total. The van der Waals surface area contributed by atoms with Gasteiger partial charge in [-0.2, -0.15) is 0 Å². The van der Waals surface area contributed by atoms with Crippen molar-refractivity contribution < 1.29 is 9.59 Å². The van der Waals surface area contributed by atoms with Crippen molar-refractivity contribution in [3.05, 3.63) is 0 Å². The lowest BCUT2D eigenvalue weighted by atomic mass is 9.95. The number of nitrogens with zero attached hydrogens (tertiary/aromatic N) is 1. The summed E-state index contributed by atoms with van der Waals surface area (Å²) in [5.41, 5.74) is 0. The second-order valence-electron chi connectivity index (χ2n) is 6.17. The summed E-state index contributed by atoms with van der Waals surface area (Å²) >= 11 is 5.75. The number of hydrogen-bond donors (Lipinski definition) is 2. The predicted octanol–water partition coefficient (Wildman–Crippen LogP) is 2.24. The summed E-state index contributed by atoms with van der Waals surface area (Å²) in [5, 5.41) is 5.57. The maximum absolute atomic E-state index is 12.2. The van der Waals surface area contributed by atoms with Gasteiger partial charge in [-0.05, 0) is 32.6 Å². The molecule has 0 bridgehead atoms. The van der Waals surface area contributed by atoms with E-state index < -0.39 is 5.38 Å². The summed E-state index contributed by atoms with van der Waals surface area (Å²) in [6.45, 7) is 3.06. The average Bonchev–Trinajstić information content (AvgIpc) is 2.48. The van der Waals surface area contributed by atoms with Crippen LogP contribution in [0.2, 0.25) is 0 Å². The summed E-state index contributed by atoms with van der Waals surface area (Å²) in [6, 6.07) is 0.538. The molecule has 1 heterocycles. The average molecular weight is 316 g/mol. The Kier molecular flexibility index (Phi) is 6.15. The number of hydrogen-bond acceptors (Lipinski definition) is 2. The Morgan fingerprint density at radius 3 is 2.14 bits per heavy atom. The normalized spacial score (nSPS) is 22.7. The van der Waals surface area contributed by atoms with Gasteiger partial charge in [-0.25, -0.2) is 4.79 Å².